The number of benzene rings is 1. The van der Waals surface area contributed by atoms with E-state index in [4.69, 9.17) is 9.47 Å². The molecule has 0 saturated carbocycles. The SMILES string of the molecule is C=CCN(CC=C)C(=O)COC(=O)c1cc(S(=O)(=O)N(C)C)ccc1N1CCOCC1. The van der Waals surface area contributed by atoms with E-state index >= 15 is 0 Å². The quantitative estimate of drug-likeness (QED) is 0.389. The van der Waals surface area contributed by atoms with Crippen molar-refractivity contribution in [1.29, 1.82) is 0 Å². The van der Waals surface area contributed by atoms with Gasteiger partial charge in [0.25, 0.3) is 5.91 Å². The lowest BCUT2D eigenvalue weighted by Gasteiger charge is -2.30. The van der Waals surface area contributed by atoms with Crippen LogP contribution in [-0.4, -0.2) is 89.6 Å². The monoisotopic (exact) mass is 451 g/mol. The van der Waals surface area contributed by atoms with Crippen molar-refractivity contribution >= 4 is 27.6 Å². The molecule has 1 amide bonds. The zero-order valence-corrected chi connectivity index (χ0v) is 18.8. The Morgan fingerprint density at radius 2 is 1.77 bits per heavy atom. The summed E-state index contributed by atoms with van der Waals surface area (Å²) in [6, 6.07) is 4.33. The van der Waals surface area contributed by atoms with Crippen molar-refractivity contribution in [2.24, 2.45) is 0 Å². The van der Waals surface area contributed by atoms with Gasteiger partial charge in [0.1, 0.15) is 0 Å². The number of carbonyl (C=O) groups is 2. The van der Waals surface area contributed by atoms with Crippen LogP contribution >= 0.6 is 0 Å². The number of morpholine rings is 1. The average molecular weight is 452 g/mol. The van der Waals surface area contributed by atoms with Crippen molar-refractivity contribution < 1.29 is 27.5 Å². The molecule has 0 bridgehead atoms. The topological polar surface area (TPSA) is 96.5 Å². The average Bonchev–Trinajstić information content (AvgIpc) is 2.77. The molecule has 1 fully saturated rings. The van der Waals surface area contributed by atoms with Crippen molar-refractivity contribution in [3.8, 4) is 0 Å². The van der Waals surface area contributed by atoms with E-state index in [1.807, 2.05) is 4.90 Å². The van der Waals surface area contributed by atoms with Crippen molar-refractivity contribution in [3.63, 3.8) is 0 Å². The zero-order valence-electron chi connectivity index (χ0n) is 18.0. The number of hydrogen-bond donors (Lipinski definition) is 0. The lowest BCUT2D eigenvalue weighted by atomic mass is 10.1. The van der Waals surface area contributed by atoms with Crippen LogP contribution in [0.3, 0.4) is 0 Å². The standard InChI is InChI=1S/C21H29N3O6S/c1-5-9-24(10-6-2)20(25)16-30-21(26)18-15-17(31(27,28)22(3)4)7-8-19(18)23-11-13-29-14-12-23/h5-8,15H,1-2,9-14,16H2,3-4H3. The summed E-state index contributed by atoms with van der Waals surface area (Å²) >= 11 is 0. The molecule has 0 unspecified atom stereocenters. The summed E-state index contributed by atoms with van der Waals surface area (Å²) in [7, 11) is -0.930. The van der Waals surface area contributed by atoms with Crippen molar-refractivity contribution in [1.82, 2.24) is 9.21 Å². The second kappa shape index (κ2) is 11.1. The molecule has 10 heteroatoms. The summed E-state index contributed by atoms with van der Waals surface area (Å²) in [4.78, 5) is 28.6. The second-order valence-corrected chi connectivity index (χ2v) is 9.17. The predicted molar refractivity (Wildman–Crippen MR) is 118 cm³/mol. The van der Waals surface area contributed by atoms with Crippen molar-refractivity contribution in [2.75, 3.05) is 65.0 Å². The summed E-state index contributed by atoms with van der Waals surface area (Å²) in [5.41, 5.74) is 0.615. The highest BCUT2D eigenvalue weighted by Crippen LogP contribution is 2.27. The van der Waals surface area contributed by atoms with Gasteiger partial charge < -0.3 is 19.3 Å². The van der Waals surface area contributed by atoms with Gasteiger partial charge >= 0.3 is 5.97 Å². The Hall–Kier alpha value is -2.69. The van der Waals surface area contributed by atoms with Gasteiger partial charge in [-0.2, -0.15) is 0 Å². The fraction of sp³-hybridized carbons (Fsp3) is 0.429. The van der Waals surface area contributed by atoms with Gasteiger partial charge in [-0.25, -0.2) is 17.5 Å². The maximum atomic E-state index is 12.9. The van der Waals surface area contributed by atoms with Gasteiger partial charge in [0.05, 0.1) is 29.4 Å². The highest BCUT2D eigenvalue weighted by Gasteiger charge is 2.25. The van der Waals surface area contributed by atoms with Gasteiger partial charge in [-0.3, -0.25) is 4.79 Å². The summed E-state index contributed by atoms with van der Waals surface area (Å²) in [5.74, 6) is -1.18. The highest BCUT2D eigenvalue weighted by molar-refractivity contribution is 7.89. The van der Waals surface area contributed by atoms with E-state index < -0.39 is 28.5 Å². The molecule has 0 aromatic heterocycles. The lowest BCUT2D eigenvalue weighted by Crippen LogP contribution is -2.38. The number of nitrogens with zero attached hydrogens (tertiary/aromatic N) is 3. The third kappa shape index (κ3) is 6.16. The Kier molecular flexibility index (Phi) is 8.78. The number of esters is 1. The van der Waals surface area contributed by atoms with Crippen molar-refractivity contribution in [2.45, 2.75) is 4.90 Å². The van der Waals surface area contributed by atoms with Crippen LogP contribution in [0.1, 0.15) is 10.4 Å². The van der Waals surface area contributed by atoms with E-state index in [1.54, 1.807) is 18.2 Å². The van der Waals surface area contributed by atoms with Crippen LogP contribution in [0.2, 0.25) is 0 Å². The molecule has 1 heterocycles. The largest absolute Gasteiger partial charge is 0.452 e. The first-order chi connectivity index (χ1) is 14.7. The van der Waals surface area contributed by atoms with E-state index in [-0.39, 0.29) is 23.5 Å². The normalized spacial score (nSPS) is 14.2. The Morgan fingerprint density at radius 3 is 2.32 bits per heavy atom. The molecule has 0 atom stereocenters. The third-order valence-corrected chi connectivity index (χ3v) is 6.51. The Bertz CT molecular complexity index is 913. The van der Waals surface area contributed by atoms with Crippen LogP contribution < -0.4 is 4.90 Å². The molecular formula is C21H29N3O6S. The number of hydrogen-bond acceptors (Lipinski definition) is 7. The van der Waals surface area contributed by atoms with Crippen LogP contribution in [-0.2, 0) is 24.3 Å². The Morgan fingerprint density at radius 1 is 1.16 bits per heavy atom. The first kappa shape index (κ1) is 24.6. The third-order valence-electron chi connectivity index (χ3n) is 4.70. The minimum absolute atomic E-state index is 0.0345. The molecule has 1 aromatic rings. The molecule has 0 radical (unpaired) electrons. The molecule has 0 spiro atoms. The molecule has 170 valence electrons. The van der Waals surface area contributed by atoms with Gasteiger partial charge in [-0.15, -0.1) is 13.2 Å². The predicted octanol–water partition coefficient (Wildman–Crippen LogP) is 1.13. The number of ether oxygens (including phenoxy) is 2. The maximum absolute atomic E-state index is 12.9. The fourth-order valence-corrected chi connectivity index (χ4v) is 3.94. The minimum Gasteiger partial charge on any atom is -0.452 e. The fourth-order valence-electron chi connectivity index (χ4n) is 3.02. The van der Waals surface area contributed by atoms with Gasteiger partial charge in [-0.05, 0) is 18.2 Å². The number of amides is 1. The lowest BCUT2D eigenvalue weighted by molar-refractivity contribution is -0.133. The van der Waals surface area contributed by atoms with Gasteiger partial charge in [0.15, 0.2) is 6.61 Å². The highest BCUT2D eigenvalue weighted by atomic mass is 32.2. The van der Waals surface area contributed by atoms with E-state index in [0.29, 0.717) is 32.0 Å². The van der Waals surface area contributed by atoms with Crippen LogP contribution in [0.4, 0.5) is 5.69 Å². The summed E-state index contributed by atoms with van der Waals surface area (Å²) in [6.45, 7) is 9.38. The molecule has 1 aliphatic rings. The first-order valence-corrected chi connectivity index (χ1v) is 11.2. The molecule has 2 rings (SSSR count). The van der Waals surface area contributed by atoms with Crippen LogP contribution in [0.5, 0.6) is 0 Å². The summed E-state index contributed by atoms with van der Waals surface area (Å²) in [6.07, 6.45) is 3.13. The molecule has 1 aromatic carbocycles. The summed E-state index contributed by atoms with van der Waals surface area (Å²) < 4.78 is 36.8. The van der Waals surface area contributed by atoms with Gasteiger partial charge in [0, 0.05) is 40.3 Å². The van der Waals surface area contributed by atoms with E-state index in [9.17, 15) is 18.0 Å². The second-order valence-electron chi connectivity index (χ2n) is 7.02. The molecule has 0 N–H and O–H groups in total. The molecular weight excluding hydrogens is 422 g/mol. The van der Waals surface area contributed by atoms with Crippen molar-refractivity contribution in [3.05, 3.63) is 49.1 Å². The van der Waals surface area contributed by atoms with E-state index in [1.165, 1.54) is 31.1 Å². The molecule has 1 aliphatic heterocycles. The molecule has 1 saturated heterocycles. The van der Waals surface area contributed by atoms with E-state index in [2.05, 4.69) is 13.2 Å². The number of sulfonamides is 1. The molecule has 31 heavy (non-hydrogen) atoms. The van der Waals surface area contributed by atoms with Crippen LogP contribution in [0.25, 0.3) is 0 Å². The van der Waals surface area contributed by atoms with E-state index in [0.717, 1.165) is 4.31 Å². The number of anilines is 1. The van der Waals surface area contributed by atoms with Crippen LogP contribution in [0.15, 0.2) is 48.4 Å². The summed E-state index contributed by atoms with van der Waals surface area (Å²) in [5, 5.41) is 0. The van der Waals surface area contributed by atoms with Gasteiger partial charge in [-0.1, -0.05) is 12.2 Å². The molecule has 9 nitrogen and oxygen atoms in total. The maximum Gasteiger partial charge on any atom is 0.340 e. The zero-order chi connectivity index (χ0) is 23.0. The number of rotatable bonds is 10. The Labute approximate surface area is 183 Å². The minimum atomic E-state index is -3.75. The smallest absolute Gasteiger partial charge is 0.340 e. The Balaban J connectivity index is 2.31. The molecule has 0 aliphatic carbocycles. The van der Waals surface area contributed by atoms with Crippen LogP contribution in [0, 0.1) is 0 Å². The number of carbonyl (C=O) groups excluding carboxylic acids is 2. The van der Waals surface area contributed by atoms with Gasteiger partial charge in [0.2, 0.25) is 10.0 Å². The first-order valence-electron chi connectivity index (χ1n) is 9.78.